The van der Waals surface area contributed by atoms with Crippen LogP contribution in [0.4, 0.5) is 0 Å². The molecule has 3 rings (SSSR count). The van der Waals surface area contributed by atoms with E-state index in [0.717, 1.165) is 5.56 Å². The number of carboxylic acid groups (broad SMARTS) is 1. The van der Waals surface area contributed by atoms with Gasteiger partial charge in [-0.05, 0) is 43.7 Å². The molecule has 0 aliphatic carbocycles. The summed E-state index contributed by atoms with van der Waals surface area (Å²) in [6.45, 7) is 3.82. The number of hydrogen-bond donors (Lipinski definition) is 2. The molecule has 0 radical (unpaired) electrons. The fraction of sp³-hybridized carbons (Fsp3) is 0.292. The molecule has 1 heterocycles. The maximum Gasteiger partial charge on any atom is 0.338 e. The number of esters is 1. The van der Waals surface area contributed by atoms with Crippen molar-refractivity contribution in [1.82, 2.24) is 5.32 Å². The smallest absolute Gasteiger partial charge is 0.338 e. The quantitative estimate of drug-likeness (QED) is 0.554. The number of nitrogens with zero attached hydrogens (tertiary/aromatic N) is 1. The highest BCUT2D eigenvalue weighted by atomic mass is 32.2. The van der Waals surface area contributed by atoms with Crippen LogP contribution >= 0.6 is 11.8 Å². The number of rotatable bonds is 8. The largest absolute Gasteiger partial charge is 0.497 e. The molecule has 1 aliphatic rings. The highest BCUT2D eigenvalue weighted by molar-refractivity contribution is 8.13. The van der Waals surface area contributed by atoms with E-state index in [0.29, 0.717) is 39.3 Å². The van der Waals surface area contributed by atoms with Crippen molar-refractivity contribution in [2.75, 3.05) is 20.8 Å². The van der Waals surface area contributed by atoms with Crippen molar-refractivity contribution in [3.8, 4) is 11.5 Å². The van der Waals surface area contributed by atoms with Gasteiger partial charge in [0.25, 0.3) is 0 Å². The Kier molecular flexibility index (Phi) is 8.00. The molecule has 2 aromatic carbocycles. The molecule has 33 heavy (non-hydrogen) atoms. The SMILES string of the molecule is CCOC(=O)C1=C(C)NC(SCc2ccc(C(=O)O)cc2)=N[C@@H]1c1ccc(OC)cc1OC. The Bertz CT molecular complexity index is 1090. The van der Waals surface area contributed by atoms with E-state index in [1.54, 1.807) is 57.5 Å². The maximum atomic E-state index is 12.8. The van der Waals surface area contributed by atoms with Crippen molar-refractivity contribution in [3.05, 3.63) is 70.4 Å². The number of methoxy groups -OCH3 is 2. The van der Waals surface area contributed by atoms with E-state index in [9.17, 15) is 9.59 Å². The minimum absolute atomic E-state index is 0.237. The first-order valence-electron chi connectivity index (χ1n) is 10.3. The third kappa shape index (κ3) is 5.67. The van der Waals surface area contributed by atoms with Gasteiger partial charge < -0.3 is 24.6 Å². The van der Waals surface area contributed by atoms with Crippen molar-refractivity contribution in [2.24, 2.45) is 4.99 Å². The molecule has 174 valence electrons. The Morgan fingerprint density at radius 3 is 2.45 bits per heavy atom. The fourth-order valence-electron chi connectivity index (χ4n) is 3.36. The first-order chi connectivity index (χ1) is 15.9. The van der Waals surface area contributed by atoms with Gasteiger partial charge in [-0.2, -0.15) is 0 Å². The number of aliphatic imine (C=N–C) groups is 1. The van der Waals surface area contributed by atoms with Crippen LogP contribution in [0.2, 0.25) is 0 Å². The number of carbonyl (C=O) groups is 2. The number of carboxylic acids is 1. The standard InChI is InChI=1S/C24H26N2O6S/c1-5-32-23(29)20-14(2)25-24(33-13-15-6-8-16(9-7-15)22(27)28)26-21(20)18-11-10-17(30-3)12-19(18)31-4/h6-12,21H,5,13H2,1-4H3,(H,25,26)(H,27,28)/t21-/m1/s1. The zero-order valence-corrected chi connectivity index (χ0v) is 19.7. The predicted molar refractivity (Wildman–Crippen MR) is 127 cm³/mol. The summed E-state index contributed by atoms with van der Waals surface area (Å²) in [6, 6.07) is 11.4. The van der Waals surface area contributed by atoms with Crippen LogP contribution in [0.15, 0.2) is 58.7 Å². The van der Waals surface area contributed by atoms with Gasteiger partial charge >= 0.3 is 11.9 Å². The van der Waals surface area contributed by atoms with Gasteiger partial charge in [-0.25, -0.2) is 14.6 Å². The molecule has 1 aliphatic heterocycles. The molecule has 0 saturated carbocycles. The van der Waals surface area contributed by atoms with Gasteiger partial charge in [0.05, 0.1) is 32.0 Å². The van der Waals surface area contributed by atoms with Crippen LogP contribution < -0.4 is 14.8 Å². The van der Waals surface area contributed by atoms with Gasteiger partial charge in [-0.1, -0.05) is 23.9 Å². The number of nitrogens with one attached hydrogen (secondary N) is 1. The van der Waals surface area contributed by atoms with Crippen molar-refractivity contribution in [2.45, 2.75) is 25.6 Å². The number of ether oxygens (including phenoxy) is 3. The Hall–Kier alpha value is -3.46. The first-order valence-corrected chi connectivity index (χ1v) is 11.3. The molecule has 1 atom stereocenters. The van der Waals surface area contributed by atoms with E-state index in [4.69, 9.17) is 24.3 Å². The average molecular weight is 471 g/mol. The second-order valence-electron chi connectivity index (χ2n) is 7.12. The lowest BCUT2D eigenvalue weighted by Gasteiger charge is -2.27. The Morgan fingerprint density at radius 1 is 1.12 bits per heavy atom. The average Bonchev–Trinajstić information content (AvgIpc) is 2.82. The second-order valence-corrected chi connectivity index (χ2v) is 8.08. The van der Waals surface area contributed by atoms with Gasteiger partial charge in [0.1, 0.15) is 17.5 Å². The number of aromatic carboxylic acids is 1. The van der Waals surface area contributed by atoms with Crippen LogP contribution in [-0.4, -0.2) is 43.0 Å². The minimum Gasteiger partial charge on any atom is -0.497 e. The summed E-state index contributed by atoms with van der Waals surface area (Å²) < 4.78 is 16.1. The van der Waals surface area contributed by atoms with Gasteiger partial charge in [0.15, 0.2) is 5.17 Å². The van der Waals surface area contributed by atoms with Crippen molar-refractivity contribution in [1.29, 1.82) is 0 Å². The van der Waals surface area contributed by atoms with Crippen LogP contribution in [0.1, 0.15) is 41.4 Å². The topological polar surface area (TPSA) is 106 Å². The summed E-state index contributed by atoms with van der Waals surface area (Å²) >= 11 is 1.45. The molecular weight excluding hydrogens is 444 g/mol. The van der Waals surface area contributed by atoms with Crippen molar-refractivity contribution in [3.63, 3.8) is 0 Å². The third-order valence-corrected chi connectivity index (χ3v) is 5.98. The van der Waals surface area contributed by atoms with E-state index in [-0.39, 0.29) is 12.2 Å². The van der Waals surface area contributed by atoms with Crippen molar-refractivity contribution < 1.29 is 28.9 Å². The van der Waals surface area contributed by atoms with E-state index in [1.807, 2.05) is 13.0 Å². The van der Waals surface area contributed by atoms with Gasteiger partial charge in [-0.15, -0.1) is 0 Å². The van der Waals surface area contributed by atoms with Crippen LogP contribution in [-0.2, 0) is 15.3 Å². The number of thioether (sulfide) groups is 1. The highest BCUT2D eigenvalue weighted by Gasteiger charge is 2.32. The monoisotopic (exact) mass is 470 g/mol. The first kappa shape index (κ1) is 24.2. The molecule has 9 heteroatoms. The summed E-state index contributed by atoms with van der Waals surface area (Å²) in [4.78, 5) is 28.6. The number of hydrogen-bond acceptors (Lipinski definition) is 8. The molecule has 2 aromatic rings. The van der Waals surface area contributed by atoms with E-state index >= 15 is 0 Å². The Morgan fingerprint density at radius 2 is 1.85 bits per heavy atom. The summed E-state index contributed by atoms with van der Waals surface area (Å²) in [5.74, 6) is 0.346. The third-order valence-electron chi connectivity index (χ3n) is 5.03. The molecule has 8 nitrogen and oxygen atoms in total. The van der Waals surface area contributed by atoms with Crippen LogP contribution in [0.3, 0.4) is 0 Å². The van der Waals surface area contributed by atoms with Gasteiger partial charge in [0, 0.05) is 23.1 Å². The van der Waals surface area contributed by atoms with Gasteiger partial charge in [-0.3, -0.25) is 0 Å². The molecule has 0 amide bonds. The number of amidine groups is 1. The lowest BCUT2D eigenvalue weighted by molar-refractivity contribution is -0.138. The number of benzene rings is 2. The maximum absolute atomic E-state index is 12.8. The summed E-state index contributed by atoms with van der Waals surface area (Å²) in [7, 11) is 3.13. The second kappa shape index (κ2) is 10.9. The molecular formula is C24H26N2O6S. The summed E-state index contributed by atoms with van der Waals surface area (Å²) in [5, 5.41) is 12.9. The molecule has 0 aromatic heterocycles. The van der Waals surface area contributed by atoms with Gasteiger partial charge in [0.2, 0.25) is 0 Å². The summed E-state index contributed by atoms with van der Waals surface area (Å²) in [5.41, 5.74) is 2.96. The van der Waals surface area contributed by atoms with E-state index < -0.39 is 18.0 Å². The van der Waals surface area contributed by atoms with E-state index in [1.165, 1.54) is 11.8 Å². The van der Waals surface area contributed by atoms with Crippen molar-refractivity contribution >= 4 is 28.9 Å². The molecule has 0 unspecified atom stereocenters. The fourth-order valence-corrected chi connectivity index (χ4v) is 4.26. The molecule has 0 spiro atoms. The normalized spacial score (nSPS) is 15.4. The zero-order valence-electron chi connectivity index (χ0n) is 18.9. The number of allylic oxidation sites excluding steroid dienone is 1. The van der Waals surface area contributed by atoms with Crippen LogP contribution in [0, 0.1) is 0 Å². The Labute approximate surface area is 196 Å². The molecule has 2 N–H and O–H groups in total. The van der Waals surface area contributed by atoms with E-state index in [2.05, 4.69) is 5.32 Å². The Balaban J connectivity index is 1.92. The zero-order chi connectivity index (χ0) is 24.0. The summed E-state index contributed by atoms with van der Waals surface area (Å²) in [6.07, 6.45) is 0. The highest BCUT2D eigenvalue weighted by Crippen LogP contribution is 2.39. The lowest BCUT2D eigenvalue weighted by atomic mass is 9.95. The minimum atomic E-state index is -0.962. The molecule has 0 saturated heterocycles. The number of carbonyl (C=O) groups excluding carboxylic acids is 1. The molecule has 0 bridgehead atoms. The molecule has 0 fully saturated rings. The van der Waals surface area contributed by atoms with Crippen LogP contribution in [0.5, 0.6) is 11.5 Å². The lowest BCUT2D eigenvalue weighted by Crippen LogP contribution is -2.30. The van der Waals surface area contributed by atoms with Crippen LogP contribution in [0.25, 0.3) is 0 Å². The predicted octanol–water partition coefficient (Wildman–Crippen LogP) is 4.17.